The largest absolute Gasteiger partial charge is 0.459 e. The number of hydrogen-bond acceptors (Lipinski definition) is 4. The zero-order chi connectivity index (χ0) is 16.6. The molecule has 0 radical (unpaired) electrons. The van der Waals surface area contributed by atoms with Gasteiger partial charge in [0.2, 0.25) is 0 Å². The van der Waals surface area contributed by atoms with Gasteiger partial charge >= 0.3 is 5.97 Å². The molecule has 0 fully saturated rings. The lowest BCUT2D eigenvalue weighted by molar-refractivity contribution is -0.165. The SMILES string of the molecule is CCC(OCCC(C)(CC)OC(=O)C(C)C)C(O)C(C)C. The Morgan fingerprint density at radius 2 is 1.76 bits per heavy atom. The molecule has 0 aliphatic rings. The summed E-state index contributed by atoms with van der Waals surface area (Å²) < 4.78 is 11.4. The van der Waals surface area contributed by atoms with Crippen LogP contribution in [-0.4, -0.2) is 35.5 Å². The Morgan fingerprint density at radius 3 is 2.14 bits per heavy atom. The van der Waals surface area contributed by atoms with E-state index in [1.807, 2.05) is 48.5 Å². The summed E-state index contributed by atoms with van der Waals surface area (Å²) in [4.78, 5) is 11.8. The van der Waals surface area contributed by atoms with Crippen LogP contribution < -0.4 is 0 Å². The van der Waals surface area contributed by atoms with E-state index < -0.39 is 11.7 Å². The maximum atomic E-state index is 11.8. The van der Waals surface area contributed by atoms with Gasteiger partial charge in [-0.15, -0.1) is 0 Å². The van der Waals surface area contributed by atoms with Crippen molar-refractivity contribution in [2.75, 3.05) is 6.61 Å². The Hall–Kier alpha value is -0.610. The minimum atomic E-state index is -0.498. The molecule has 4 nitrogen and oxygen atoms in total. The van der Waals surface area contributed by atoms with Gasteiger partial charge in [-0.25, -0.2) is 0 Å². The van der Waals surface area contributed by atoms with E-state index in [-0.39, 0.29) is 23.9 Å². The molecule has 0 spiro atoms. The van der Waals surface area contributed by atoms with E-state index in [1.54, 1.807) is 0 Å². The molecule has 4 heteroatoms. The second-order valence-electron chi connectivity index (χ2n) is 6.68. The molecule has 3 atom stereocenters. The molecule has 126 valence electrons. The molecule has 0 saturated heterocycles. The molecule has 0 aliphatic carbocycles. The third-order valence-electron chi connectivity index (χ3n) is 4.00. The fourth-order valence-electron chi connectivity index (χ4n) is 1.97. The first-order chi connectivity index (χ1) is 9.66. The van der Waals surface area contributed by atoms with E-state index >= 15 is 0 Å². The fourth-order valence-corrected chi connectivity index (χ4v) is 1.97. The summed E-state index contributed by atoms with van der Waals surface area (Å²) in [6.07, 6.45) is 1.54. The number of carbonyl (C=O) groups is 1. The van der Waals surface area contributed by atoms with Crippen LogP contribution in [0, 0.1) is 11.8 Å². The molecule has 0 bridgehead atoms. The molecule has 3 unspecified atom stereocenters. The number of rotatable bonds is 10. The van der Waals surface area contributed by atoms with Crippen molar-refractivity contribution < 1.29 is 19.4 Å². The first-order valence-electron chi connectivity index (χ1n) is 8.19. The van der Waals surface area contributed by atoms with Gasteiger partial charge in [-0.05, 0) is 25.7 Å². The van der Waals surface area contributed by atoms with Gasteiger partial charge in [0, 0.05) is 6.42 Å². The first kappa shape index (κ1) is 20.4. The molecule has 1 N–H and O–H groups in total. The predicted octanol–water partition coefficient (Wildman–Crippen LogP) is 3.56. The molecule has 0 aromatic rings. The second-order valence-corrected chi connectivity index (χ2v) is 6.68. The van der Waals surface area contributed by atoms with Crippen LogP contribution >= 0.6 is 0 Å². The third-order valence-corrected chi connectivity index (χ3v) is 4.00. The molecule has 21 heavy (non-hydrogen) atoms. The van der Waals surface area contributed by atoms with Gasteiger partial charge in [-0.3, -0.25) is 4.79 Å². The van der Waals surface area contributed by atoms with Gasteiger partial charge in [0.15, 0.2) is 0 Å². The lowest BCUT2D eigenvalue weighted by Crippen LogP contribution is -2.37. The summed E-state index contributed by atoms with van der Waals surface area (Å²) in [5, 5.41) is 10.1. The van der Waals surface area contributed by atoms with Crippen LogP contribution in [0.3, 0.4) is 0 Å². The molecule has 0 saturated carbocycles. The molecule has 0 rings (SSSR count). The Balaban J connectivity index is 4.41. The first-order valence-corrected chi connectivity index (χ1v) is 8.19. The Kier molecular flexibility index (Phi) is 9.14. The molecular formula is C17H34O4. The summed E-state index contributed by atoms with van der Waals surface area (Å²) in [7, 11) is 0. The highest BCUT2D eigenvalue weighted by Gasteiger charge is 2.29. The van der Waals surface area contributed by atoms with Crippen LogP contribution in [-0.2, 0) is 14.3 Å². The van der Waals surface area contributed by atoms with Gasteiger partial charge in [-0.1, -0.05) is 41.5 Å². The minimum Gasteiger partial charge on any atom is -0.459 e. The molecule has 0 aliphatic heterocycles. The highest BCUT2D eigenvalue weighted by Crippen LogP contribution is 2.23. The highest BCUT2D eigenvalue weighted by atomic mass is 16.6. The van der Waals surface area contributed by atoms with Crippen LogP contribution in [0.1, 0.15) is 67.7 Å². The second kappa shape index (κ2) is 9.42. The van der Waals surface area contributed by atoms with Crippen molar-refractivity contribution in [1.29, 1.82) is 0 Å². The standard InChI is InChI=1S/C17H34O4/c1-8-14(15(18)12(3)4)20-11-10-17(7,9-2)21-16(19)13(5)6/h12-15,18H,8-11H2,1-7H3. The van der Waals surface area contributed by atoms with Crippen molar-refractivity contribution in [2.24, 2.45) is 11.8 Å². The Bertz CT molecular complexity index is 301. The van der Waals surface area contributed by atoms with Crippen LogP contribution in [0.15, 0.2) is 0 Å². The summed E-state index contributed by atoms with van der Waals surface area (Å²) >= 11 is 0. The monoisotopic (exact) mass is 302 g/mol. The summed E-state index contributed by atoms with van der Waals surface area (Å²) in [5.41, 5.74) is -0.498. The number of esters is 1. The van der Waals surface area contributed by atoms with Gasteiger partial charge in [0.05, 0.1) is 24.7 Å². The van der Waals surface area contributed by atoms with Crippen molar-refractivity contribution in [1.82, 2.24) is 0 Å². The van der Waals surface area contributed by atoms with Crippen LogP contribution in [0.2, 0.25) is 0 Å². The fraction of sp³-hybridized carbons (Fsp3) is 0.941. The summed E-state index contributed by atoms with van der Waals surface area (Å²) in [6, 6.07) is 0. The quantitative estimate of drug-likeness (QED) is 0.627. The van der Waals surface area contributed by atoms with Crippen molar-refractivity contribution in [3.05, 3.63) is 0 Å². The van der Waals surface area contributed by atoms with Crippen molar-refractivity contribution in [3.63, 3.8) is 0 Å². The minimum absolute atomic E-state index is 0.122. The van der Waals surface area contributed by atoms with Crippen LogP contribution in [0.25, 0.3) is 0 Å². The topological polar surface area (TPSA) is 55.8 Å². The number of hydrogen-bond donors (Lipinski definition) is 1. The van der Waals surface area contributed by atoms with E-state index in [2.05, 4.69) is 0 Å². The number of aliphatic hydroxyl groups is 1. The van der Waals surface area contributed by atoms with Gasteiger partial charge in [0.1, 0.15) is 5.60 Å². The van der Waals surface area contributed by atoms with E-state index in [0.29, 0.717) is 13.0 Å². The predicted molar refractivity (Wildman–Crippen MR) is 85.1 cm³/mol. The van der Waals surface area contributed by atoms with Gasteiger partial charge in [-0.2, -0.15) is 0 Å². The lowest BCUT2D eigenvalue weighted by atomic mass is 9.98. The van der Waals surface area contributed by atoms with Crippen LogP contribution in [0.5, 0.6) is 0 Å². The average Bonchev–Trinajstić information content (AvgIpc) is 2.42. The highest BCUT2D eigenvalue weighted by molar-refractivity contribution is 5.72. The summed E-state index contributed by atoms with van der Waals surface area (Å²) in [6.45, 7) is 14.1. The van der Waals surface area contributed by atoms with Gasteiger partial charge in [0.25, 0.3) is 0 Å². The van der Waals surface area contributed by atoms with Crippen LogP contribution in [0.4, 0.5) is 0 Å². The van der Waals surface area contributed by atoms with E-state index in [1.165, 1.54) is 0 Å². The number of ether oxygens (including phenoxy) is 2. The zero-order valence-electron chi connectivity index (χ0n) is 14.8. The summed E-state index contributed by atoms with van der Waals surface area (Å²) in [5.74, 6) is -0.122. The molecule has 0 aromatic heterocycles. The molecule has 0 amide bonds. The Labute approximate surface area is 130 Å². The molecule has 0 heterocycles. The van der Waals surface area contributed by atoms with Crippen molar-refractivity contribution >= 4 is 5.97 Å². The smallest absolute Gasteiger partial charge is 0.308 e. The third kappa shape index (κ3) is 7.28. The maximum absolute atomic E-state index is 11.8. The lowest BCUT2D eigenvalue weighted by Gasteiger charge is -2.31. The van der Waals surface area contributed by atoms with E-state index in [9.17, 15) is 9.90 Å². The zero-order valence-corrected chi connectivity index (χ0v) is 14.8. The van der Waals surface area contributed by atoms with Crippen molar-refractivity contribution in [2.45, 2.75) is 85.5 Å². The van der Waals surface area contributed by atoms with E-state index in [4.69, 9.17) is 9.47 Å². The average molecular weight is 302 g/mol. The maximum Gasteiger partial charge on any atom is 0.308 e. The Morgan fingerprint density at radius 1 is 1.19 bits per heavy atom. The van der Waals surface area contributed by atoms with Crippen molar-refractivity contribution in [3.8, 4) is 0 Å². The van der Waals surface area contributed by atoms with Gasteiger partial charge < -0.3 is 14.6 Å². The molecular weight excluding hydrogens is 268 g/mol. The number of aliphatic hydroxyl groups excluding tert-OH is 1. The number of carbonyl (C=O) groups excluding carboxylic acids is 1. The molecule has 0 aromatic carbocycles. The van der Waals surface area contributed by atoms with E-state index in [0.717, 1.165) is 12.8 Å². The normalized spacial score (nSPS) is 17.6.